The molecule has 6 rings (SSSR count). The van der Waals surface area contributed by atoms with Crippen molar-refractivity contribution < 1.29 is 14.3 Å². The van der Waals surface area contributed by atoms with Crippen molar-refractivity contribution in [2.24, 2.45) is 0 Å². The molecule has 2 aromatic heterocycles. The molecule has 0 radical (unpaired) electrons. The molecular formula is C27H30B5N5O3S. The summed E-state index contributed by atoms with van der Waals surface area (Å²) in [5.41, 5.74) is 8.89. The van der Waals surface area contributed by atoms with Gasteiger partial charge in [0.05, 0.1) is 22.4 Å². The summed E-state index contributed by atoms with van der Waals surface area (Å²) in [6.45, 7) is 3.69. The topological polar surface area (TPSA) is 95.6 Å². The summed E-state index contributed by atoms with van der Waals surface area (Å²) in [4.78, 5) is 34.3. The number of nitrogens with one attached hydrogen (secondary N) is 3. The number of benzene rings is 2. The Kier molecular flexibility index (Phi) is 7.15. The zero-order chi connectivity index (χ0) is 29.0. The summed E-state index contributed by atoms with van der Waals surface area (Å²) >= 11 is 1.31. The number of anilines is 3. The maximum atomic E-state index is 13.6. The molecule has 4 heterocycles. The molecule has 8 nitrogen and oxygen atoms in total. The van der Waals surface area contributed by atoms with Gasteiger partial charge < -0.3 is 20.7 Å². The number of hydrogen-bond donors (Lipinski definition) is 3. The van der Waals surface area contributed by atoms with E-state index in [2.05, 4.69) is 60.2 Å². The lowest BCUT2D eigenvalue weighted by molar-refractivity contribution is 0.0935. The smallest absolute Gasteiger partial charge is 0.331 e. The quantitative estimate of drug-likeness (QED) is 0.225. The number of pyridine rings is 1. The number of amides is 3. The number of urea groups is 1. The molecule has 202 valence electrons. The number of nitrogens with zero attached hydrogens (tertiary/aromatic N) is 2. The van der Waals surface area contributed by atoms with Gasteiger partial charge in [-0.05, 0) is 56.1 Å². The van der Waals surface area contributed by atoms with Crippen molar-refractivity contribution in [3.8, 4) is 11.5 Å². The van der Waals surface area contributed by atoms with E-state index in [4.69, 9.17) is 4.74 Å². The first-order valence-corrected chi connectivity index (χ1v) is 14.9. The second kappa shape index (κ2) is 10.7. The van der Waals surface area contributed by atoms with Crippen molar-refractivity contribution >= 4 is 117 Å². The van der Waals surface area contributed by atoms with Crippen molar-refractivity contribution in [2.75, 3.05) is 23.3 Å². The second-order valence-corrected chi connectivity index (χ2v) is 12.1. The van der Waals surface area contributed by atoms with Crippen LogP contribution >= 0.6 is 11.3 Å². The Labute approximate surface area is 248 Å². The number of carbonyl (C=O) groups excluding carboxylic acids is 2. The summed E-state index contributed by atoms with van der Waals surface area (Å²) in [6.07, 6.45) is 3.65. The summed E-state index contributed by atoms with van der Waals surface area (Å²) in [5, 5.41) is 10.2. The zero-order valence-electron chi connectivity index (χ0n) is 24.3. The Morgan fingerprint density at radius 3 is 2.49 bits per heavy atom. The molecule has 1 atom stereocenters. The minimum atomic E-state index is -0.315. The Morgan fingerprint density at radius 2 is 1.80 bits per heavy atom. The first kappa shape index (κ1) is 27.5. The predicted molar refractivity (Wildman–Crippen MR) is 183 cm³/mol. The highest BCUT2D eigenvalue weighted by atomic mass is 32.1. The van der Waals surface area contributed by atoms with Crippen LogP contribution < -0.4 is 52.9 Å². The molecule has 0 spiro atoms. The highest BCUT2D eigenvalue weighted by Crippen LogP contribution is 2.46. The number of aromatic nitrogens is 1. The van der Waals surface area contributed by atoms with E-state index in [0.717, 1.165) is 59.2 Å². The highest BCUT2D eigenvalue weighted by Gasteiger charge is 2.34. The maximum Gasteiger partial charge on any atom is 0.331 e. The lowest BCUT2D eigenvalue weighted by Gasteiger charge is -2.30. The fourth-order valence-corrected chi connectivity index (χ4v) is 6.91. The maximum absolute atomic E-state index is 13.6. The first-order valence-electron chi connectivity index (χ1n) is 14.0. The van der Waals surface area contributed by atoms with E-state index >= 15 is 0 Å². The normalized spacial score (nSPS) is 16.5. The number of piperidine rings is 1. The van der Waals surface area contributed by atoms with Gasteiger partial charge in [0.25, 0.3) is 5.91 Å². The Morgan fingerprint density at radius 1 is 1.07 bits per heavy atom. The third-order valence-electron chi connectivity index (χ3n) is 8.64. The summed E-state index contributed by atoms with van der Waals surface area (Å²) in [5.74, 6) is 1.41. The van der Waals surface area contributed by atoms with Crippen LogP contribution in [0.5, 0.6) is 11.5 Å². The Balaban J connectivity index is 1.34. The van der Waals surface area contributed by atoms with Crippen molar-refractivity contribution in [1.29, 1.82) is 0 Å². The number of hydrogen-bond acceptors (Lipinski definition) is 6. The molecule has 0 unspecified atom stereocenters. The van der Waals surface area contributed by atoms with E-state index in [1.54, 1.807) is 11.1 Å². The van der Waals surface area contributed by atoms with Gasteiger partial charge in [-0.2, -0.15) is 0 Å². The fourth-order valence-electron chi connectivity index (χ4n) is 5.89. The molecule has 14 heteroatoms. The SMILES string of the molecule is Bc1c(B)c(B)c(Oc2ccc(N3C(=O)Nc4c(C(=O)N[C@@H]5CCCNC5)sc5nccc3c45)c(C)c2)c(B)c1B. The predicted octanol–water partition coefficient (Wildman–Crippen LogP) is -3.15. The molecule has 41 heavy (non-hydrogen) atoms. The molecule has 2 aromatic carbocycles. The van der Waals surface area contributed by atoms with Crippen molar-refractivity contribution in [3.05, 3.63) is 40.9 Å². The number of rotatable bonds is 5. The number of aryl methyl sites for hydroxylation is 1. The monoisotopic (exact) mass is 559 g/mol. The highest BCUT2D eigenvalue weighted by molar-refractivity contribution is 7.21. The van der Waals surface area contributed by atoms with Gasteiger partial charge in [0, 0.05) is 18.8 Å². The van der Waals surface area contributed by atoms with E-state index < -0.39 is 0 Å². The molecule has 0 aliphatic carbocycles. The zero-order valence-corrected chi connectivity index (χ0v) is 25.1. The van der Waals surface area contributed by atoms with Gasteiger partial charge in [-0.25, -0.2) is 9.78 Å². The molecule has 3 amide bonds. The van der Waals surface area contributed by atoms with Crippen molar-refractivity contribution in [2.45, 2.75) is 25.8 Å². The Bertz CT molecular complexity index is 1710. The minimum Gasteiger partial charge on any atom is -0.459 e. The lowest BCUT2D eigenvalue weighted by atomic mass is 9.62. The number of thiophene rings is 1. The van der Waals surface area contributed by atoms with E-state index in [0.29, 0.717) is 26.8 Å². The standard InChI is InChI=1S/C27H30B5N5O3S/c1-11-9-13(40-23-20(31)18(29)17(28)19(30)21(23)32)4-5-14(11)37-15-6-8-34-26-16(15)22(36-27(37)39)24(41-26)25(38)35-12-3-2-7-33-10-12/h4-6,8-9,12,33H,2-3,7,10,28-32H2,1H3,(H,35,38)(H,36,39)/t12-/m1/s1. The van der Waals surface area contributed by atoms with Gasteiger partial charge in [0.2, 0.25) is 0 Å². The first-order chi connectivity index (χ1) is 19.7. The van der Waals surface area contributed by atoms with Crippen LogP contribution in [0.3, 0.4) is 0 Å². The van der Waals surface area contributed by atoms with E-state index in [9.17, 15) is 9.59 Å². The fraction of sp³-hybridized carbons (Fsp3) is 0.222. The molecule has 2 aliphatic heterocycles. The average Bonchev–Trinajstić information content (AvgIpc) is 3.34. The second-order valence-electron chi connectivity index (χ2n) is 11.1. The molecule has 1 fully saturated rings. The van der Waals surface area contributed by atoms with E-state index in [1.807, 2.05) is 31.2 Å². The Hall–Kier alpha value is -3.63. The largest absolute Gasteiger partial charge is 0.459 e. The van der Waals surface area contributed by atoms with Crippen LogP contribution in [0.25, 0.3) is 10.2 Å². The van der Waals surface area contributed by atoms with Gasteiger partial charge in [-0.15, -0.1) is 16.8 Å². The van der Waals surface area contributed by atoms with Crippen molar-refractivity contribution in [3.63, 3.8) is 0 Å². The molecule has 2 aliphatic rings. The van der Waals surface area contributed by atoms with Crippen LogP contribution in [0.15, 0.2) is 30.5 Å². The molecule has 3 N–H and O–H groups in total. The van der Waals surface area contributed by atoms with Gasteiger partial charge in [0.1, 0.15) is 60.4 Å². The molecule has 4 aromatic rings. The van der Waals surface area contributed by atoms with Gasteiger partial charge in [-0.1, -0.05) is 21.9 Å². The van der Waals surface area contributed by atoms with Gasteiger partial charge >= 0.3 is 6.03 Å². The van der Waals surface area contributed by atoms with Crippen LogP contribution in [0, 0.1) is 6.92 Å². The minimum absolute atomic E-state index is 0.0700. The van der Waals surface area contributed by atoms with Crippen LogP contribution in [0.4, 0.5) is 21.9 Å². The van der Waals surface area contributed by atoms with Crippen LogP contribution in [0.1, 0.15) is 28.1 Å². The van der Waals surface area contributed by atoms with E-state index in [1.165, 1.54) is 27.7 Å². The molecule has 0 saturated carbocycles. The summed E-state index contributed by atoms with van der Waals surface area (Å²) in [6, 6.07) is 7.36. The van der Waals surface area contributed by atoms with Crippen LogP contribution in [-0.2, 0) is 0 Å². The third-order valence-corrected chi connectivity index (χ3v) is 9.74. The van der Waals surface area contributed by atoms with Gasteiger partial charge in [0.15, 0.2) is 0 Å². The summed E-state index contributed by atoms with van der Waals surface area (Å²) < 4.78 is 6.44. The number of ether oxygens (including phenoxy) is 1. The van der Waals surface area contributed by atoms with Crippen molar-refractivity contribution in [1.82, 2.24) is 15.6 Å². The van der Waals surface area contributed by atoms with Crippen LogP contribution in [-0.4, -0.2) is 75.3 Å². The third kappa shape index (κ3) is 4.73. The summed E-state index contributed by atoms with van der Waals surface area (Å²) in [7, 11) is 10.6. The van der Waals surface area contributed by atoms with Gasteiger partial charge in [-0.3, -0.25) is 9.69 Å². The number of carbonyl (C=O) groups is 2. The molecule has 0 bridgehead atoms. The lowest BCUT2D eigenvalue weighted by Crippen LogP contribution is -2.54. The molecule has 1 saturated heterocycles. The average molecular weight is 559 g/mol. The van der Waals surface area contributed by atoms with E-state index in [-0.39, 0.29) is 18.0 Å². The molecular weight excluding hydrogens is 528 g/mol. The van der Waals surface area contributed by atoms with Crippen LogP contribution in [0.2, 0.25) is 0 Å².